The van der Waals surface area contributed by atoms with Crippen LogP contribution in [0, 0.1) is 5.82 Å². The number of halogens is 2. The van der Waals surface area contributed by atoms with Crippen LogP contribution in [0.2, 0.25) is 5.02 Å². The van der Waals surface area contributed by atoms with Crippen LogP contribution in [0.25, 0.3) is 0 Å². The van der Waals surface area contributed by atoms with E-state index >= 15 is 0 Å². The fraction of sp³-hybridized carbons (Fsp3) is 0.300. The molecule has 1 aromatic carbocycles. The third kappa shape index (κ3) is 1.83. The summed E-state index contributed by atoms with van der Waals surface area (Å²) in [5.74, 6) is -1.16. The van der Waals surface area contributed by atoms with E-state index in [0.717, 1.165) is 12.1 Å². The zero-order valence-electron chi connectivity index (χ0n) is 8.28. The molecule has 0 spiro atoms. The molecule has 0 bridgehead atoms. The summed E-state index contributed by atoms with van der Waals surface area (Å²) in [6.07, 6.45) is 0.183. The molecule has 0 saturated carbocycles. The second kappa shape index (κ2) is 3.92. The molecule has 1 aliphatic heterocycles. The predicted molar refractivity (Wildman–Crippen MR) is 58.0 cm³/mol. The zero-order valence-corrected chi connectivity index (χ0v) is 9.04. The van der Waals surface area contributed by atoms with Crippen molar-refractivity contribution in [1.82, 2.24) is 0 Å². The fourth-order valence-corrected chi connectivity index (χ4v) is 1.85. The van der Waals surface area contributed by atoms with E-state index in [0.29, 0.717) is 0 Å². The SMILES string of the molecule is NC1CC(=O)N(c2cc(O)c(Cl)cc2F)C1. The van der Waals surface area contributed by atoms with Gasteiger partial charge in [-0.2, -0.15) is 0 Å². The van der Waals surface area contributed by atoms with E-state index in [-0.39, 0.29) is 41.4 Å². The van der Waals surface area contributed by atoms with Crippen molar-refractivity contribution in [3.63, 3.8) is 0 Å². The Hall–Kier alpha value is -1.33. The average molecular weight is 245 g/mol. The minimum Gasteiger partial charge on any atom is -0.506 e. The quantitative estimate of drug-likeness (QED) is 0.781. The third-order valence-electron chi connectivity index (χ3n) is 2.46. The van der Waals surface area contributed by atoms with Crippen molar-refractivity contribution >= 4 is 23.2 Å². The van der Waals surface area contributed by atoms with Crippen molar-refractivity contribution in [3.8, 4) is 5.75 Å². The number of carbonyl (C=O) groups excluding carboxylic acids is 1. The van der Waals surface area contributed by atoms with E-state index in [1.807, 2.05) is 0 Å². The molecule has 2 rings (SSSR count). The van der Waals surface area contributed by atoms with Crippen LogP contribution in [0.5, 0.6) is 5.75 Å². The van der Waals surface area contributed by atoms with E-state index in [1.165, 1.54) is 4.90 Å². The number of rotatable bonds is 1. The normalized spacial score (nSPS) is 20.6. The lowest BCUT2D eigenvalue weighted by atomic mass is 10.2. The number of carbonyl (C=O) groups is 1. The molecule has 1 aliphatic rings. The molecule has 0 aliphatic carbocycles. The Morgan fingerprint density at radius 2 is 2.25 bits per heavy atom. The van der Waals surface area contributed by atoms with E-state index in [2.05, 4.69) is 0 Å². The van der Waals surface area contributed by atoms with Crippen LogP contribution < -0.4 is 10.6 Å². The molecule has 1 amide bonds. The summed E-state index contributed by atoms with van der Waals surface area (Å²) < 4.78 is 13.6. The van der Waals surface area contributed by atoms with Crippen molar-refractivity contribution in [3.05, 3.63) is 23.0 Å². The first-order valence-electron chi connectivity index (χ1n) is 4.73. The van der Waals surface area contributed by atoms with Gasteiger partial charge in [-0.05, 0) is 6.07 Å². The number of benzene rings is 1. The largest absolute Gasteiger partial charge is 0.506 e. The molecule has 4 nitrogen and oxygen atoms in total. The second-order valence-electron chi connectivity index (χ2n) is 3.72. The minimum absolute atomic E-state index is 0.0138. The Balaban J connectivity index is 2.41. The summed E-state index contributed by atoms with van der Waals surface area (Å²) in [5.41, 5.74) is 5.61. The topological polar surface area (TPSA) is 66.6 Å². The molecule has 0 radical (unpaired) electrons. The molecular weight excluding hydrogens is 235 g/mol. The number of nitrogens with zero attached hydrogens (tertiary/aromatic N) is 1. The maximum Gasteiger partial charge on any atom is 0.228 e. The Kier molecular flexibility index (Phi) is 2.73. The first kappa shape index (κ1) is 11.2. The van der Waals surface area contributed by atoms with Crippen molar-refractivity contribution < 1.29 is 14.3 Å². The van der Waals surface area contributed by atoms with Crippen LogP contribution in [-0.4, -0.2) is 23.6 Å². The zero-order chi connectivity index (χ0) is 11.9. The van der Waals surface area contributed by atoms with E-state index in [4.69, 9.17) is 17.3 Å². The molecule has 6 heteroatoms. The number of phenolic OH excluding ortho intramolecular Hbond substituents is 1. The number of nitrogens with two attached hydrogens (primary N) is 1. The van der Waals surface area contributed by atoms with Gasteiger partial charge in [-0.15, -0.1) is 0 Å². The number of amides is 1. The number of aromatic hydroxyl groups is 1. The van der Waals surface area contributed by atoms with E-state index in [9.17, 15) is 14.3 Å². The van der Waals surface area contributed by atoms with Crippen LogP contribution in [0.15, 0.2) is 12.1 Å². The lowest BCUT2D eigenvalue weighted by molar-refractivity contribution is -0.117. The number of hydrogen-bond donors (Lipinski definition) is 2. The first-order valence-corrected chi connectivity index (χ1v) is 5.11. The van der Waals surface area contributed by atoms with Crippen molar-refractivity contribution in [2.24, 2.45) is 5.73 Å². The predicted octanol–water partition coefficient (Wildman–Crippen LogP) is 1.25. The molecule has 1 fully saturated rings. The number of anilines is 1. The molecule has 86 valence electrons. The molecule has 3 N–H and O–H groups in total. The van der Waals surface area contributed by atoms with Crippen LogP contribution in [0.3, 0.4) is 0 Å². The van der Waals surface area contributed by atoms with Crippen molar-refractivity contribution in [2.75, 3.05) is 11.4 Å². The van der Waals surface area contributed by atoms with E-state index < -0.39 is 5.82 Å². The summed E-state index contributed by atoms with van der Waals surface area (Å²) >= 11 is 5.54. The third-order valence-corrected chi connectivity index (χ3v) is 2.76. The maximum atomic E-state index is 13.6. The summed E-state index contributed by atoms with van der Waals surface area (Å²) in [7, 11) is 0. The summed E-state index contributed by atoms with van der Waals surface area (Å²) in [6.45, 7) is 0.247. The lowest BCUT2D eigenvalue weighted by Crippen LogP contribution is -2.28. The molecule has 1 unspecified atom stereocenters. The Labute approximate surface area is 96.4 Å². The molecule has 1 saturated heterocycles. The summed E-state index contributed by atoms with van der Waals surface area (Å²) in [4.78, 5) is 12.7. The second-order valence-corrected chi connectivity index (χ2v) is 4.13. The monoisotopic (exact) mass is 244 g/mol. The minimum atomic E-state index is -0.648. The van der Waals surface area contributed by atoms with Gasteiger partial charge in [0.25, 0.3) is 0 Å². The molecular formula is C10H10ClFN2O2. The van der Waals surface area contributed by atoms with Gasteiger partial charge >= 0.3 is 0 Å². The first-order chi connectivity index (χ1) is 7.49. The van der Waals surface area contributed by atoms with Gasteiger partial charge in [0.1, 0.15) is 11.6 Å². The molecule has 1 atom stereocenters. The Bertz CT molecular complexity index is 453. The van der Waals surface area contributed by atoms with Gasteiger partial charge in [-0.1, -0.05) is 11.6 Å². The van der Waals surface area contributed by atoms with Crippen molar-refractivity contribution in [1.29, 1.82) is 0 Å². The highest BCUT2D eigenvalue weighted by molar-refractivity contribution is 6.32. The Morgan fingerprint density at radius 1 is 1.56 bits per heavy atom. The number of hydrogen-bond acceptors (Lipinski definition) is 3. The highest BCUT2D eigenvalue weighted by atomic mass is 35.5. The van der Waals surface area contributed by atoms with Crippen LogP contribution >= 0.6 is 11.6 Å². The fourth-order valence-electron chi connectivity index (χ4n) is 1.70. The van der Waals surface area contributed by atoms with Gasteiger partial charge in [-0.25, -0.2) is 4.39 Å². The highest BCUT2D eigenvalue weighted by Crippen LogP contribution is 2.33. The molecule has 16 heavy (non-hydrogen) atoms. The van der Waals surface area contributed by atoms with E-state index in [1.54, 1.807) is 0 Å². The van der Waals surface area contributed by atoms with Crippen molar-refractivity contribution in [2.45, 2.75) is 12.5 Å². The Morgan fingerprint density at radius 3 is 2.81 bits per heavy atom. The maximum absolute atomic E-state index is 13.6. The summed E-state index contributed by atoms with van der Waals surface area (Å²) in [6, 6.07) is 1.81. The van der Waals surface area contributed by atoms with Gasteiger partial charge in [0.05, 0.1) is 10.7 Å². The number of phenols is 1. The van der Waals surface area contributed by atoms with Gasteiger partial charge in [0.15, 0.2) is 0 Å². The van der Waals surface area contributed by atoms with Crippen LogP contribution in [0.4, 0.5) is 10.1 Å². The molecule has 1 heterocycles. The smallest absolute Gasteiger partial charge is 0.228 e. The van der Waals surface area contributed by atoms with Gasteiger partial charge in [0, 0.05) is 25.1 Å². The van der Waals surface area contributed by atoms with Crippen LogP contribution in [0.1, 0.15) is 6.42 Å². The highest BCUT2D eigenvalue weighted by Gasteiger charge is 2.30. The van der Waals surface area contributed by atoms with Crippen LogP contribution in [-0.2, 0) is 4.79 Å². The standard InChI is InChI=1S/C10H10ClFN2O2/c11-6-2-7(12)8(3-9(6)15)14-4-5(13)1-10(14)16/h2-3,5,15H,1,4,13H2. The van der Waals surface area contributed by atoms with Gasteiger partial charge in [0.2, 0.25) is 5.91 Å². The average Bonchev–Trinajstić information content (AvgIpc) is 2.51. The summed E-state index contributed by atoms with van der Waals surface area (Å²) in [5, 5.41) is 9.28. The van der Waals surface area contributed by atoms with Gasteiger partial charge < -0.3 is 15.7 Å². The molecule has 1 aromatic rings. The lowest BCUT2D eigenvalue weighted by Gasteiger charge is -2.17. The van der Waals surface area contributed by atoms with Gasteiger partial charge in [-0.3, -0.25) is 4.79 Å². The molecule has 0 aromatic heterocycles.